The number of hydrogen-bond donors (Lipinski definition) is 2. The van der Waals surface area contributed by atoms with E-state index in [1.807, 2.05) is 19.1 Å². The van der Waals surface area contributed by atoms with E-state index in [1.54, 1.807) is 6.07 Å². The molecule has 3 rings (SSSR count). The van der Waals surface area contributed by atoms with Crippen LogP contribution in [0.5, 0.6) is 0 Å². The van der Waals surface area contributed by atoms with Gasteiger partial charge in [0.25, 0.3) is 0 Å². The highest BCUT2D eigenvalue weighted by Gasteiger charge is 2.40. The van der Waals surface area contributed by atoms with Crippen LogP contribution in [0.2, 0.25) is 5.02 Å². The molecule has 1 aromatic carbocycles. The Balaban J connectivity index is 1.63. The van der Waals surface area contributed by atoms with Gasteiger partial charge in [0.1, 0.15) is 0 Å². The summed E-state index contributed by atoms with van der Waals surface area (Å²) in [6.07, 6.45) is 4.36. The normalized spacial score (nSPS) is 28.6. The Bertz CT molecular complexity index is 534. The van der Waals surface area contributed by atoms with Gasteiger partial charge in [0, 0.05) is 28.8 Å². The fourth-order valence-electron chi connectivity index (χ4n) is 3.66. The highest BCUT2D eigenvalue weighted by molar-refractivity contribution is 6.31. The lowest BCUT2D eigenvalue weighted by Crippen LogP contribution is -2.49. The number of nitrogens with one attached hydrogen (secondary N) is 1. The van der Waals surface area contributed by atoms with Crippen LogP contribution < -0.4 is 11.1 Å². The van der Waals surface area contributed by atoms with Crippen LogP contribution in [0.3, 0.4) is 0 Å². The summed E-state index contributed by atoms with van der Waals surface area (Å²) in [5.74, 6) is 0.0349. The van der Waals surface area contributed by atoms with E-state index in [1.165, 1.54) is 12.8 Å². The van der Waals surface area contributed by atoms with Crippen molar-refractivity contribution in [3.05, 3.63) is 28.8 Å². The molecule has 2 unspecified atom stereocenters. The molecule has 2 bridgehead atoms. The Kier molecular flexibility index (Phi) is 4.20. The van der Waals surface area contributed by atoms with E-state index in [-0.39, 0.29) is 5.91 Å². The molecular formula is C16H22ClN3O. The third-order valence-corrected chi connectivity index (χ3v) is 4.96. The third-order valence-electron chi connectivity index (χ3n) is 4.72. The topological polar surface area (TPSA) is 58.4 Å². The predicted molar refractivity (Wildman–Crippen MR) is 85.5 cm³/mol. The molecule has 0 aliphatic carbocycles. The van der Waals surface area contributed by atoms with Crippen LogP contribution in [0.4, 0.5) is 5.69 Å². The molecule has 21 heavy (non-hydrogen) atoms. The number of halogens is 1. The van der Waals surface area contributed by atoms with Gasteiger partial charge in [-0.15, -0.1) is 0 Å². The van der Waals surface area contributed by atoms with Gasteiger partial charge in [-0.1, -0.05) is 17.7 Å². The molecule has 1 amide bonds. The van der Waals surface area contributed by atoms with Crippen molar-refractivity contribution in [1.29, 1.82) is 0 Å². The molecule has 2 aliphatic heterocycles. The largest absolute Gasteiger partial charge is 0.328 e. The van der Waals surface area contributed by atoms with Gasteiger partial charge in [0.05, 0.1) is 6.54 Å². The Hall–Kier alpha value is -1.10. The van der Waals surface area contributed by atoms with Gasteiger partial charge in [-0.2, -0.15) is 0 Å². The molecule has 0 aromatic heterocycles. The fraction of sp³-hybridized carbons (Fsp3) is 0.562. The number of nitrogens with zero attached hydrogens (tertiary/aromatic N) is 1. The number of aryl methyl sites for hydroxylation is 1. The smallest absolute Gasteiger partial charge is 0.238 e. The van der Waals surface area contributed by atoms with Crippen LogP contribution in [0, 0.1) is 6.92 Å². The molecule has 2 aliphatic rings. The van der Waals surface area contributed by atoms with Crippen molar-refractivity contribution in [2.24, 2.45) is 5.73 Å². The standard InChI is InChI=1S/C16H22ClN3O/c1-10-2-3-11(17)6-15(10)19-16(21)9-20-13-4-5-14(20)8-12(18)7-13/h2-3,6,12-14H,4-5,7-9,18H2,1H3,(H,19,21). The van der Waals surface area contributed by atoms with Crippen molar-refractivity contribution in [3.63, 3.8) is 0 Å². The van der Waals surface area contributed by atoms with Crippen LogP contribution in [0.1, 0.15) is 31.2 Å². The number of amides is 1. The minimum absolute atomic E-state index is 0.0349. The SMILES string of the molecule is Cc1ccc(Cl)cc1NC(=O)CN1C2CCC1CC(N)C2. The van der Waals surface area contributed by atoms with E-state index in [2.05, 4.69) is 10.2 Å². The second-order valence-electron chi connectivity index (χ2n) is 6.30. The minimum atomic E-state index is 0.0349. The molecule has 2 heterocycles. The first-order valence-corrected chi connectivity index (χ1v) is 7.98. The van der Waals surface area contributed by atoms with E-state index in [0.29, 0.717) is 29.7 Å². The highest BCUT2D eigenvalue weighted by atomic mass is 35.5. The average Bonchev–Trinajstić information content (AvgIpc) is 2.66. The first-order valence-electron chi connectivity index (χ1n) is 7.60. The number of rotatable bonds is 3. The van der Waals surface area contributed by atoms with E-state index in [9.17, 15) is 4.79 Å². The van der Waals surface area contributed by atoms with Crippen molar-refractivity contribution in [2.75, 3.05) is 11.9 Å². The molecular weight excluding hydrogens is 286 g/mol. The Morgan fingerprint density at radius 1 is 1.38 bits per heavy atom. The molecule has 1 aromatic rings. The summed E-state index contributed by atoms with van der Waals surface area (Å²) in [6.45, 7) is 2.42. The average molecular weight is 308 g/mol. The second kappa shape index (κ2) is 5.95. The first-order chi connectivity index (χ1) is 10.0. The van der Waals surface area contributed by atoms with Gasteiger partial charge in [-0.3, -0.25) is 9.69 Å². The maximum atomic E-state index is 12.3. The number of hydrogen-bond acceptors (Lipinski definition) is 3. The van der Waals surface area contributed by atoms with Crippen LogP contribution in [0.25, 0.3) is 0 Å². The van der Waals surface area contributed by atoms with Gasteiger partial charge in [-0.05, 0) is 50.3 Å². The summed E-state index contributed by atoms with van der Waals surface area (Å²) >= 11 is 5.99. The zero-order chi connectivity index (χ0) is 15.0. The lowest BCUT2D eigenvalue weighted by Gasteiger charge is -2.37. The molecule has 0 spiro atoms. The Morgan fingerprint density at radius 3 is 2.71 bits per heavy atom. The van der Waals surface area contributed by atoms with E-state index in [0.717, 1.165) is 24.1 Å². The van der Waals surface area contributed by atoms with Crippen molar-refractivity contribution >= 4 is 23.2 Å². The van der Waals surface area contributed by atoms with Crippen LogP contribution in [-0.4, -0.2) is 35.5 Å². The quantitative estimate of drug-likeness (QED) is 0.902. The van der Waals surface area contributed by atoms with Gasteiger partial charge in [-0.25, -0.2) is 0 Å². The molecule has 2 fully saturated rings. The van der Waals surface area contributed by atoms with Crippen LogP contribution in [0.15, 0.2) is 18.2 Å². The molecule has 3 N–H and O–H groups in total. The highest BCUT2D eigenvalue weighted by Crippen LogP contribution is 2.34. The number of carbonyl (C=O) groups excluding carboxylic acids is 1. The van der Waals surface area contributed by atoms with Gasteiger partial charge in [0.15, 0.2) is 0 Å². The molecule has 114 valence electrons. The van der Waals surface area contributed by atoms with Gasteiger partial charge < -0.3 is 11.1 Å². The summed E-state index contributed by atoms with van der Waals surface area (Å²) in [4.78, 5) is 14.6. The van der Waals surface area contributed by atoms with Crippen molar-refractivity contribution < 1.29 is 4.79 Å². The minimum Gasteiger partial charge on any atom is -0.328 e. The lowest BCUT2D eigenvalue weighted by atomic mass is 9.98. The number of carbonyl (C=O) groups is 1. The summed E-state index contributed by atoms with van der Waals surface area (Å²) in [6, 6.07) is 6.81. The lowest BCUT2D eigenvalue weighted by molar-refractivity contribution is -0.118. The second-order valence-corrected chi connectivity index (χ2v) is 6.73. The maximum absolute atomic E-state index is 12.3. The molecule has 0 saturated carbocycles. The maximum Gasteiger partial charge on any atom is 0.238 e. The van der Waals surface area contributed by atoms with Crippen molar-refractivity contribution in [3.8, 4) is 0 Å². The van der Waals surface area contributed by atoms with Gasteiger partial charge >= 0.3 is 0 Å². The molecule has 2 saturated heterocycles. The van der Waals surface area contributed by atoms with E-state index in [4.69, 9.17) is 17.3 Å². The van der Waals surface area contributed by atoms with E-state index < -0.39 is 0 Å². The summed E-state index contributed by atoms with van der Waals surface area (Å²) in [5, 5.41) is 3.62. The Labute approximate surface area is 130 Å². The van der Waals surface area contributed by atoms with Crippen LogP contribution in [-0.2, 0) is 4.79 Å². The van der Waals surface area contributed by atoms with Crippen molar-refractivity contribution in [1.82, 2.24) is 4.90 Å². The number of anilines is 1. The molecule has 5 heteroatoms. The zero-order valence-corrected chi connectivity index (χ0v) is 13.1. The summed E-state index contributed by atoms with van der Waals surface area (Å²) in [5.41, 5.74) is 7.89. The monoisotopic (exact) mass is 307 g/mol. The third kappa shape index (κ3) is 3.23. The molecule has 0 radical (unpaired) electrons. The van der Waals surface area contributed by atoms with E-state index >= 15 is 0 Å². The summed E-state index contributed by atoms with van der Waals surface area (Å²) < 4.78 is 0. The number of piperidine rings is 1. The fourth-order valence-corrected chi connectivity index (χ4v) is 3.83. The molecule has 2 atom stereocenters. The summed E-state index contributed by atoms with van der Waals surface area (Å²) in [7, 11) is 0. The number of nitrogens with two attached hydrogens (primary N) is 1. The Morgan fingerprint density at radius 2 is 2.05 bits per heavy atom. The zero-order valence-electron chi connectivity index (χ0n) is 12.3. The number of fused-ring (bicyclic) bond motifs is 2. The van der Waals surface area contributed by atoms with Gasteiger partial charge in [0.2, 0.25) is 5.91 Å². The number of benzene rings is 1. The van der Waals surface area contributed by atoms with Crippen LogP contribution >= 0.6 is 11.6 Å². The first kappa shape index (κ1) is 14.8. The molecule has 4 nitrogen and oxygen atoms in total. The predicted octanol–water partition coefficient (Wildman–Crippen LogP) is 2.54. The van der Waals surface area contributed by atoms with Crippen molar-refractivity contribution in [2.45, 2.75) is 50.7 Å².